The van der Waals surface area contributed by atoms with E-state index in [1.165, 1.54) is 0 Å². The first-order valence-corrected chi connectivity index (χ1v) is 9.66. The van der Waals surface area contributed by atoms with Crippen LogP contribution < -0.4 is 14.8 Å². The molecule has 0 saturated carbocycles. The van der Waals surface area contributed by atoms with Crippen molar-refractivity contribution in [2.75, 3.05) is 32.8 Å². The maximum atomic E-state index is 12.7. The Morgan fingerprint density at radius 3 is 2.74 bits per heavy atom. The van der Waals surface area contributed by atoms with Gasteiger partial charge in [-0.15, -0.1) is 0 Å². The summed E-state index contributed by atoms with van der Waals surface area (Å²) in [6.45, 7) is 7.40. The van der Waals surface area contributed by atoms with Gasteiger partial charge in [-0.2, -0.15) is 0 Å². The van der Waals surface area contributed by atoms with Gasteiger partial charge in [-0.3, -0.25) is 9.69 Å². The molecule has 3 rings (SSSR count). The minimum absolute atomic E-state index is 0.0326. The van der Waals surface area contributed by atoms with Gasteiger partial charge in [0.05, 0.1) is 30.5 Å². The number of furan rings is 1. The molecule has 0 radical (unpaired) electrons. The molecule has 1 aromatic heterocycles. The van der Waals surface area contributed by atoms with E-state index in [-0.39, 0.29) is 11.9 Å². The number of hydrogen-bond donors (Lipinski definition) is 1. The molecule has 2 aromatic rings. The number of amides is 1. The number of carbonyl (C=O) groups excluding carboxylic acids is 1. The van der Waals surface area contributed by atoms with Crippen LogP contribution in [0.4, 0.5) is 0 Å². The highest BCUT2D eigenvalue weighted by Crippen LogP contribution is 2.38. The third-order valence-corrected chi connectivity index (χ3v) is 4.93. The van der Waals surface area contributed by atoms with Crippen molar-refractivity contribution in [2.45, 2.75) is 26.3 Å². The highest BCUT2D eigenvalue weighted by molar-refractivity contribution is 6.32. The summed E-state index contributed by atoms with van der Waals surface area (Å²) in [5.41, 5.74) is 0.446. The number of halogens is 1. The highest BCUT2D eigenvalue weighted by Gasteiger charge is 2.23. The molecular weight excluding hydrogens is 368 g/mol. The van der Waals surface area contributed by atoms with Crippen LogP contribution in [0.5, 0.6) is 11.5 Å². The zero-order valence-corrected chi connectivity index (χ0v) is 16.4. The van der Waals surface area contributed by atoms with Gasteiger partial charge in [0.25, 0.3) is 5.91 Å². The molecule has 0 aliphatic carbocycles. The van der Waals surface area contributed by atoms with Gasteiger partial charge in [-0.25, -0.2) is 0 Å². The van der Waals surface area contributed by atoms with Crippen LogP contribution in [0.15, 0.2) is 34.9 Å². The molecule has 27 heavy (non-hydrogen) atoms. The predicted octanol–water partition coefficient (Wildman–Crippen LogP) is 3.91. The van der Waals surface area contributed by atoms with Crippen molar-refractivity contribution in [3.05, 3.63) is 46.9 Å². The van der Waals surface area contributed by atoms with Crippen LogP contribution in [0.25, 0.3) is 0 Å². The summed E-state index contributed by atoms with van der Waals surface area (Å²) >= 11 is 6.29. The molecule has 146 valence electrons. The molecule has 1 N–H and O–H groups in total. The number of rotatable bonds is 7. The maximum absolute atomic E-state index is 12.7. The van der Waals surface area contributed by atoms with Gasteiger partial charge in [0.15, 0.2) is 11.5 Å². The highest BCUT2D eigenvalue weighted by atomic mass is 35.5. The molecule has 0 bridgehead atoms. The molecule has 1 aliphatic rings. The summed E-state index contributed by atoms with van der Waals surface area (Å²) in [6.07, 6.45) is 2.43. The van der Waals surface area contributed by atoms with Crippen LogP contribution in [0, 0.1) is 0 Å². The van der Waals surface area contributed by atoms with Crippen LogP contribution in [0.2, 0.25) is 5.02 Å². The topological polar surface area (TPSA) is 63.9 Å². The van der Waals surface area contributed by atoms with Gasteiger partial charge in [-0.1, -0.05) is 25.4 Å². The third kappa shape index (κ3) is 4.57. The second-order valence-electron chi connectivity index (χ2n) is 6.30. The van der Waals surface area contributed by atoms with E-state index in [4.69, 9.17) is 25.5 Å². The SMILES string of the molecule is CCN(CC)[C@H](CNC(=O)c1cc(Cl)c2c(c1)OCCCO2)c1ccco1. The summed E-state index contributed by atoms with van der Waals surface area (Å²) < 4.78 is 16.9. The standard InChI is InChI=1S/C20H25ClN2O4/c1-3-23(4-2)16(17-7-5-8-25-17)13-22-20(24)14-11-15(21)19-18(12-14)26-9-6-10-27-19/h5,7-8,11-12,16H,3-4,6,9-10,13H2,1-2H3,(H,22,24)/t16-/m1/s1. The first-order chi connectivity index (χ1) is 13.1. The van der Waals surface area contributed by atoms with Crippen molar-refractivity contribution in [3.63, 3.8) is 0 Å². The summed E-state index contributed by atoms with van der Waals surface area (Å²) in [5.74, 6) is 1.63. The number of nitrogens with one attached hydrogen (secondary N) is 1. The van der Waals surface area contributed by atoms with Crippen LogP contribution in [-0.2, 0) is 0 Å². The molecule has 1 aliphatic heterocycles. The minimum atomic E-state index is -0.212. The molecule has 2 heterocycles. The number of fused-ring (bicyclic) bond motifs is 1. The second kappa shape index (κ2) is 9.15. The van der Waals surface area contributed by atoms with Crippen molar-refractivity contribution < 1.29 is 18.7 Å². The van der Waals surface area contributed by atoms with E-state index in [0.29, 0.717) is 41.8 Å². The summed E-state index contributed by atoms with van der Waals surface area (Å²) in [6, 6.07) is 7.05. The molecule has 0 fully saturated rings. The van der Waals surface area contributed by atoms with E-state index in [1.54, 1.807) is 18.4 Å². The van der Waals surface area contributed by atoms with E-state index < -0.39 is 0 Å². The molecule has 1 atom stereocenters. The van der Waals surface area contributed by atoms with Gasteiger partial charge in [0.2, 0.25) is 0 Å². The first-order valence-electron chi connectivity index (χ1n) is 9.28. The van der Waals surface area contributed by atoms with E-state index in [2.05, 4.69) is 24.1 Å². The van der Waals surface area contributed by atoms with Crippen molar-refractivity contribution in [1.82, 2.24) is 10.2 Å². The molecule has 1 aromatic carbocycles. The number of ether oxygens (including phenoxy) is 2. The normalized spacial score (nSPS) is 14.7. The summed E-state index contributed by atoms with van der Waals surface area (Å²) in [7, 11) is 0. The van der Waals surface area contributed by atoms with Crippen molar-refractivity contribution in [2.24, 2.45) is 0 Å². The Labute approximate surface area is 164 Å². The Bertz CT molecular complexity index is 760. The van der Waals surface area contributed by atoms with Gasteiger partial charge in [0.1, 0.15) is 5.76 Å². The maximum Gasteiger partial charge on any atom is 0.251 e. The fourth-order valence-corrected chi connectivity index (χ4v) is 3.47. The van der Waals surface area contributed by atoms with Gasteiger partial charge < -0.3 is 19.2 Å². The smallest absolute Gasteiger partial charge is 0.251 e. The molecule has 0 saturated heterocycles. The molecule has 7 heteroatoms. The Hall–Kier alpha value is -2.18. The molecule has 6 nitrogen and oxygen atoms in total. The molecule has 1 amide bonds. The summed E-state index contributed by atoms with van der Waals surface area (Å²) in [5, 5.41) is 3.37. The van der Waals surface area contributed by atoms with E-state index in [9.17, 15) is 4.79 Å². The van der Waals surface area contributed by atoms with Crippen LogP contribution in [0.3, 0.4) is 0 Å². The van der Waals surface area contributed by atoms with E-state index >= 15 is 0 Å². The quantitative estimate of drug-likeness (QED) is 0.774. The number of benzene rings is 1. The van der Waals surface area contributed by atoms with Crippen molar-refractivity contribution in [3.8, 4) is 11.5 Å². The lowest BCUT2D eigenvalue weighted by Crippen LogP contribution is -2.37. The molecule has 0 spiro atoms. The van der Waals surface area contributed by atoms with Crippen LogP contribution in [-0.4, -0.2) is 43.7 Å². The zero-order chi connectivity index (χ0) is 19.2. The lowest BCUT2D eigenvalue weighted by atomic mass is 10.1. The third-order valence-electron chi connectivity index (χ3n) is 4.65. The van der Waals surface area contributed by atoms with Gasteiger partial charge in [0, 0.05) is 18.5 Å². The monoisotopic (exact) mass is 392 g/mol. The summed E-state index contributed by atoms with van der Waals surface area (Å²) in [4.78, 5) is 15.0. The van der Waals surface area contributed by atoms with Crippen molar-refractivity contribution in [1.29, 1.82) is 0 Å². The van der Waals surface area contributed by atoms with E-state index in [0.717, 1.165) is 25.3 Å². The fraction of sp³-hybridized carbons (Fsp3) is 0.450. The van der Waals surface area contributed by atoms with Crippen molar-refractivity contribution >= 4 is 17.5 Å². The number of hydrogen-bond acceptors (Lipinski definition) is 5. The molecule has 0 unspecified atom stereocenters. The number of nitrogens with zero attached hydrogens (tertiary/aromatic N) is 1. The fourth-order valence-electron chi connectivity index (χ4n) is 3.21. The lowest BCUT2D eigenvalue weighted by molar-refractivity contribution is 0.0929. The Kier molecular flexibility index (Phi) is 6.63. The van der Waals surface area contributed by atoms with Crippen LogP contribution >= 0.6 is 11.6 Å². The van der Waals surface area contributed by atoms with Gasteiger partial charge in [-0.05, 0) is 37.4 Å². The zero-order valence-electron chi connectivity index (χ0n) is 15.7. The van der Waals surface area contributed by atoms with Gasteiger partial charge >= 0.3 is 0 Å². The minimum Gasteiger partial charge on any atom is -0.489 e. The first kappa shape index (κ1) is 19.6. The predicted molar refractivity (Wildman–Crippen MR) is 104 cm³/mol. The second-order valence-corrected chi connectivity index (χ2v) is 6.71. The van der Waals surface area contributed by atoms with E-state index in [1.807, 2.05) is 12.1 Å². The molecular formula is C20H25ClN2O4. The average Bonchev–Trinajstić information content (AvgIpc) is 3.09. The number of likely N-dealkylation sites (N-methyl/N-ethyl adjacent to an activating group) is 1. The lowest BCUT2D eigenvalue weighted by Gasteiger charge is -2.28. The Morgan fingerprint density at radius 1 is 1.26 bits per heavy atom. The largest absolute Gasteiger partial charge is 0.489 e. The Balaban J connectivity index is 1.74. The average molecular weight is 393 g/mol. The Morgan fingerprint density at radius 2 is 2.04 bits per heavy atom. The number of carbonyl (C=O) groups is 1. The van der Waals surface area contributed by atoms with Crippen LogP contribution in [0.1, 0.15) is 42.4 Å².